The van der Waals surface area contributed by atoms with Crippen LogP contribution in [0.3, 0.4) is 0 Å². The third-order valence-corrected chi connectivity index (χ3v) is 6.20. The number of hydrogen-bond acceptors (Lipinski definition) is 2. The topological polar surface area (TPSA) is 0 Å². The molecule has 0 aliphatic heterocycles. The lowest BCUT2D eigenvalue weighted by Crippen LogP contribution is -1.80. The fraction of sp³-hybridized carbons (Fsp3) is 0.333. The van der Waals surface area contributed by atoms with Crippen LogP contribution in [0, 0.1) is 31.3 Å². The molecule has 0 aliphatic carbocycles. The normalized spacial score (nSPS) is 11.0. The Morgan fingerprint density at radius 3 is 2.00 bits per heavy atom. The summed E-state index contributed by atoms with van der Waals surface area (Å²) in [6, 6.07) is 2.32. The molecule has 0 spiro atoms. The molecule has 2 heterocycles. The summed E-state index contributed by atoms with van der Waals surface area (Å²) < 4.78 is 1.43. The summed E-state index contributed by atoms with van der Waals surface area (Å²) in [7, 11) is 0. The first kappa shape index (κ1) is 11.6. The van der Waals surface area contributed by atoms with Crippen molar-refractivity contribution >= 4 is 45.3 Å². The van der Waals surface area contributed by atoms with E-state index in [1.54, 1.807) is 0 Å². The second-order valence-corrected chi connectivity index (χ2v) is 7.70. The molecule has 0 saturated heterocycles. The Morgan fingerprint density at radius 2 is 1.60 bits per heavy atom. The molecule has 0 fully saturated rings. The molecule has 0 saturated carbocycles. The van der Waals surface area contributed by atoms with Gasteiger partial charge >= 0.3 is 0 Å². The van der Waals surface area contributed by atoms with Crippen LogP contribution in [-0.2, 0) is 0 Å². The van der Waals surface area contributed by atoms with E-state index in [9.17, 15) is 0 Å². The van der Waals surface area contributed by atoms with Gasteiger partial charge in [0.05, 0.1) is 0 Å². The molecule has 2 rings (SSSR count). The predicted octanol–water partition coefficient (Wildman–Crippen LogP) is 5.31. The average Bonchev–Trinajstić information content (AvgIpc) is 2.56. The molecular formula is C12H13IS2. The summed E-state index contributed by atoms with van der Waals surface area (Å²) in [5.74, 6) is 0. The lowest BCUT2D eigenvalue weighted by atomic mass is 10.1. The van der Waals surface area contributed by atoms with E-state index < -0.39 is 0 Å². The Morgan fingerprint density at radius 1 is 0.933 bits per heavy atom. The molecule has 0 nitrogen and oxygen atoms in total. The zero-order valence-electron chi connectivity index (χ0n) is 9.27. The summed E-state index contributed by atoms with van der Waals surface area (Å²) in [5, 5.41) is 0. The van der Waals surface area contributed by atoms with Crippen LogP contribution in [0.25, 0.3) is 11.1 Å². The zero-order chi connectivity index (χ0) is 11.2. The van der Waals surface area contributed by atoms with Crippen molar-refractivity contribution in [3.05, 3.63) is 29.1 Å². The Bertz CT molecular complexity index is 506. The average molecular weight is 348 g/mol. The Kier molecular flexibility index (Phi) is 3.24. The second-order valence-electron chi connectivity index (χ2n) is 3.73. The van der Waals surface area contributed by atoms with Crippen LogP contribution in [0.15, 0.2) is 6.07 Å². The van der Waals surface area contributed by atoms with Crippen LogP contribution in [-0.4, -0.2) is 0 Å². The first-order chi connectivity index (χ1) is 7.00. The summed E-state index contributed by atoms with van der Waals surface area (Å²) in [4.78, 5) is 5.72. The van der Waals surface area contributed by atoms with Crippen molar-refractivity contribution in [2.75, 3.05) is 0 Å². The third kappa shape index (κ3) is 2.01. The van der Waals surface area contributed by atoms with Gasteiger partial charge in [0.25, 0.3) is 0 Å². The van der Waals surface area contributed by atoms with E-state index in [0.29, 0.717) is 0 Å². The maximum atomic E-state index is 2.47. The molecule has 0 bridgehead atoms. The van der Waals surface area contributed by atoms with Crippen LogP contribution in [0.5, 0.6) is 0 Å². The molecule has 0 aromatic carbocycles. The first-order valence-electron chi connectivity index (χ1n) is 4.83. The van der Waals surface area contributed by atoms with Gasteiger partial charge in [-0.15, -0.1) is 22.7 Å². The number of hydrogen-bond donors (Lipinski definition) is 0. The summed E-state index contributed by atoms with van der Waals surface area (Å²) in [5.41, 5.74) is 2.89. The molecule has 0 unspecified atom stereocenters. The van der Waals surface area contributed by atoms with Gasteiger partial charge in [0.2, 0.25) is 0 Å². The van der Waals surface area contributed by atoms with E-state index in [2.05, 4.69) is 56.4 Å². The lowest BCUT2D eigenvalue weighted by molar-refractivity contribution is 1.51. The van der Waals surface area contributed by atoms with Crippen molar-refractivity contribution < 1.29 is 0 Å². The van der Waals surface area contributed by atoms with Crippen molar-refractivity contribution in [1.82, 2.24) is 0 Å². The minimum Gasteiger partial charge on any atom is -0.145 e. The Labute approximate surface area is 112 Å². The number of halogens is 1. The summed E-state index contributed by atoms with van der Waals surface area (Å²) in [6.45, 7) is 8.83. The standard InChI is InChI=1S/C12H13IS2/c1-6-5-10(7(2)14-6)11-8(3)15-9(4)12(11)13/h5H,1-4H3. The third-order valence-electron chi connectivity index (χ3n) is 2.50. The van der Waals surface area contributed by atoms with Gasteiger partial charge in [-0.2, -0.15) is 0 Å². The van der Waals surface area contributed by atoms with Crippen molar-refractivity contribution in [1.29, 1.82) is 0 Å². The molecule has 0 amide bonds. The van der Waals surface area contributed by atoms with Gasteiger partial charge in [0.1, 0.15) is 0 Å². The van der Waals surface area contributed by atoms with Crippen LogP contribution in [0.2, 0.25) is 0 Å². The smallest absolute Gasteiger partial charge is 0.0348 e. The van der Waals surface area contributed by atoms with E-state index in [4.69, 9.17) is 0 Å². The van der Waals surface area contributed by atoms with E-state index >= 15 is 0 Å². The molecule has 0 aliphatic rings. The van der Waals surface area contributed by atoms with Crippen molar-refractivity contribution in [2.45, 2.75) is 27.7 Å². The molecule has 3 heteroatoms. The predicted molar refractivity (Wildman–Crippen MR) is 79.3 cm³/mol. The van der Waals surface area contributed by atoms with Crippen LogP contribution in [0.1, 0.15) is 19.5 Å². The van der Waals surface area contributed by atoms with E-state index in [0.717, 1.165) is 0 Å². The minimum absolute atomic E-state index is 1.40. The molecule has 80 valence electrons. The maximum absolute atomic E-state index is 2.47. The largest absolute Gasteiger partial charge is 0.145 e. The fourth-order valence-electron chi connectivity index (χ4n) is 1.84. The zero-order valence-corrected chi connectivity index (χ0v) is 13.1. The van der Waals surface area contributed by atoms with Crippen molar-refractivity contribution in [2.24, 2.45) is 0 Å². The van der Waals surface area contributed by atoms with Crippen molar-refractivity contribution in [3.8, 4) is 11.1 Å². The highest BCUT2D eigenvalue weighted by Crippen LogP contribution is 2.40. The lowest BCUT2D eigenvalue weighted by Gasteiger charge is -2.00. The molecule has 0 radical (unpaired) electrons. The fourth-order valence-corrected chi connectivity index (χ4v) is 4.95. The molecular weight excluding hydrogens is 335 g/mol. The second kappa shape index (κ2) is 4.18. The quantitative estimate of drug-likeness (QED) is 0.612. The van der Waals surface area contributed by atoms with E-state index in [-0.39, 0.29) is 0 Å². The van der Waals surface area contributed by atoms with Gasteiger partial charge in [-0.25, -0.2) is 0 Å². The monoisotopic (exact) mass is 348 g/mol. The van der Waals surface area contributed by atoms with Crippen LogP contribution in [0.4, 0.5) is 0 Å². The molecule has 2 aromatic heterocycles. The molecule has 0 N–H and O–H groups in total. The maximum Gasteiger partial charge on any atom is 0.0348 e. The molecule has 2 aromatic rings. The Hall–Kier alpha value is 0.130. The molecule has 0 atom stereocenters. The van der Waals surface area contributed by atoms with Gasteiger partial charge < -0.3 is 0 Å². The minimum atomic E-state index is 1.40. The number of thiophene rings is 2. The summed E-state index contributed by atoms with van der Waals surface area (Å²) >= 11 is 6.27. The van der Waals surface area contributed by atoms with Gasteiger partial charge in [0, 0.05) is 28.6 Å². The van der Waals surface area contributed by atoms with Crippen LogP contribution >= 0.6 is 45.3 Å². The highest BCUT2D eigenvalue weighted by atomic mass is 127. The first-order valence-corrected chi connectivity index (χ1v) is 7.54. The van der Waals surface area contributed by atoms with Crippen LogP contribution < -0.4 is 0 Å². The Balaban J connectivity index is 2.68. The van der Waals surface area contributed by atoms with E-state index in [1.165, 1.54) is 34.2 Å². The van der Waals surface area contributed by atoms with Gasteiger partial charge in [-0.05, 0) is 61.9 Å². The van der Waals surface area contributed by atoms with Gasteiger partial charge in [0.15, 0.2) is 0 Å². The molecule has 15 heavy (non-hydrogen) atoms. The summed E-state index contributed by atoms with van der Waals surface area (Å²) in [6.07, 6.45) is 0. The van der Waals surface area contributed by atoms with Gasteiger partial charge in [-0.1, -0.05) is 0 Å². The van der Waals surface area contributed by atoms with E-state index in [1.807, 2.05) is 22.7 Å². The highest BCUT2D eigenvalue weighted by molar-refractivity contribution is 14.1. The van der Waals surface area contributed by atoms with Gasteiger partial charge in [-0.3, -0.25) is 0 Å². The SMILES string of the molecule is Cc1cc(-c2c(C)sc(C)c2I)c(C)s1. The highest BCUT2D eigenvalue weighted by Gasteiger charge is 2.15. The van der Waals surface area contributed by atoms with Crippen molar-refractivity contribution in [3.63, 3.8) is 0 Å². The number of rotatable bonds is 1. The number of aryl methyl sites for hydroxylation is 4.